The largest absolute Gasteiger partial charge is 0.460 e. The van der Waals surface area contributed by atoms with E-state index < -0.39 is 29.7 Å². The molecule has 0 aromatic rings. The second-order valence-electron chi connectivity index (χ2n) is 5.93. The van der Waals surface area contributed by atoms with Gasteiger partial charge in [-0.05, 0) is 26.7 Å². The maximum atomic E-state index is 11.3. The van der Waals surface area contributed by atoms with Crippen LogP contribution in [0.25, 0.3) is 0 Å². The summed E-state index contributed by atoms with van der Waals surface area (Å²) in [4.78, 5) is 32.9. The molecule has 1 atom stereocenters. The molecule has 0 aromatic carbocycles. The van der Waals surface area contributed by atoms with Gasteiger partial charge < -0.3 is 14.8 Å². The minimum atomic E-state index is -0.924. The molecule has 110 valence electrons. The molecule has 19 heavy (non-hydrogen) atoms. The molecule has 1 fully saturated rings. The Bertz CT molecular complexity index is 341. The highest BCUT2D eigenvalue weighted by atomic mass is 16.6. The number of carbonyl (C=O) groups is 3. The van der Waals surface area contributed by atoms with Crippen LogP contribution in [0.1, 0.15) is 48.0 Å². The highest BCUT2D eigenvalue weighted by Crippen LogP contribution is 2.11. The summed E-state index contributed by atoms with van der Waals surface area (Å²) in [5.74, 6) is -0.461. The molecule has 1 saturated heterocycles. The zero-order chi connectivity index (χ0) is 15.2. The Morgan fingerprint density at radius 2 is 1.79 bits per heavy atom. The van der Waals surface area contributed by atoms with Crippen molar-refractivity contribution in [2.45, 2.75) is 59.6 Å². The number of cyclic esters (lactones) is 2. The summed E-state index contributed by atoms with van der Waals surface area (Å²) in [6.07, 6.45) is -1.03. The lowest BCUT2D eigenvalue weighted by atomic mass is 10.2. The van der Waals surface area contributed by atoms with E-state index in [4.69, 9.17) is 4.74 Å². The molecule has 0 aromatic heterocycles. The van der Waals surface area contributed by atoms with Crippen molar-refractivity contribution in [1.29, 1.82) is 0 Å². The lowest BCUT2D eigenvalue weighted by Crippen LogP contribution is -2.34. The fourth-order valence-electron chi connectivity index (χ4n) is 1.08. The number of hydrogen-bond acceptors (Lipinski definition) is 5. The minimum absolute atomic E-state index is 0.207. The number of rotatable bonds is 2. The normalized spacial score (nSPS) is 18.4. The van der Waals surface area contributed by atoms with Gasteiger partial charge in [0, 0.05) is 0 Å². The lowest BCUT2D eigenvalue weighted by molar-refractivity contribution is -0.157. The molecule has 1 amide bonds. The summed E-state index contributed by atoms with van der Waals surface area (Å²) in [7, 11) is 0. The molecule has 1 rings (SSSR count). The Morgan fingerprint density at radius 1 is 1.32 bits per heavy atom. The number of nitrogens with one attached hydrogen (secondary N) is 1. The van der Waals surface area contributed by atoms with Crippen LogP contribution in [0.4, 0.5) is 4.79 Å². The van der Waals surface area contributed by atoms with Crippen molar-refractivity contribution in [1.82, 2.24) is 5.32 Å². The molecule has 0 spiro atoms. The average Bonchev–Trinajstić information content (AvgIpc) is 2.40. The Balaban J connectivity index is 0.000000711. The van der Waals surface area contributed by atoms with Crippen molar-refractivity contribution >= 4 is 18.0 Å². The van der Waals surface area contributed by atoms with Crippen LogP contribution in [0, 0.1) is 5.92 Å². The van der Waals surface area contributed by atoms with Gasteiger partial charge in [-0.25, -0.2) is 9.59 Å². The molecule has 1 heterocycles. The van der Waals surface area contributed by atoms with Crippen LogP contribution in [-0.4, -0.2) is 29.7 Å². The first kappa shape index (κ1) is 17.4. The number of alkyl carbamates (subject to hydrolysis) is 1. The van der Waals surface area contributed by atoms with E-state index in [0.29, 0.717) is 0 Å². The lowest BCUT2D eigenvalue weighted by Gasteiger charge is -2.19. The summed E-state index contributed by atoms with van der Waals surface area (Å²) in [6.45, 7) is 11.7. The molecule has 0 radical (unpaired) electrons. The topological polar surface area (TPSA) is 81.7 Å². The number of amides is 1. The SMILES string of the molecule is CC(C)(C)OC(=O)CC1NC(=O)OC1=O.CC(C)C. The van der Waals surface area contributed by atoms with Gasteiger partial charge in [-0.2, -0.15) is 0 Å². The molecule has 6 nitrogen and oxygen atoms in total. The Kier molecular flexibility index (Phi) is 6.52. The summed E-state index contributed by atoms with van der Waals surface area (Å²) in [5, 5.41) is 2.21. The van der Waals surface area contributed by atoms with Gasteiger partial charge in [0.05, 0.1) is 6.42 Å². The number of ether oxygens (including phenoxy) is 2. The van der Waals surface area contributed by atoms with Crippen LogP contribution in [0.5, 0.6) is 0 Å². The van der Waals surface area contributed by atoms with E-state index in [1.54, 1.807) is 20.8 Å². The maximum absolute atomic E-state index is 11.3. The first-order valence-corrected chi connectivity index (χ1v) is 6.25. The van der Waals surface area contributed by atoms with Gasteiger partial charge in [-0.3, -0.25) is 4.79 Å². The van der Waals surface area contributed by atoms with Crippen LogP contribution in [0.15, 0.2) is 0 Å². The smallest absolute Gasteiger partial charge is 0.415 e. The van der Waals surface area contributed by atoms with E-state index in [-0.39, 0.29) is 6.42 Å². The van der Waals surface area contributed by atoms with E-state index in [0.717, 1.165) is 5.92 Å². The molecular weight excluding hydrogens is 250 g/mol. The van der Waals surface area contributed by atoms with E-state index in [1.165, 1.54) is 0 Å². The van der Waals surface area contributed by atoms with Crippen molar-refractivity contribution < 1.29 is 23.9 Å². The van der Waals surface area contributed by atoms with Crippen molar-refractivity contribution in [2.75, 3.05) is 0 Å². The van der Waals surface area contributed by atoms with Crippen LogP contribution in [0.3, 0.4) is 0 Å². The molecular formula is C13H23NO5. The first-order valence-electron chi connectivity index (χ1n) is 6.25. The maximum Gasteiger partial charge on any atom is 0.415 e. The summed E-state index contributed by atoms with van der Waals surface area (Å²) >= 11 is 0. The van der Waals surface area contributed by atoms with Gasteiger partial charge in [-0.15, -0.1) is 0 Å². The van der Waals surface area contributed by atoms with E-state index in [9.17, 15) is 14.4 Å². The molecule has 1 aliphatic heterocycles. The van der Waals surface area contributed by atoms with Gasteiger partial charge in [-0.1, -0.05) is 20.8 Å². The molecule has 1 N–H and O–H groups in total. The predicted molar refractivity (Wildman–Crippen MR) is 69.4 cm³/mol. The zero-order valence-corrected chi connectivity index (χ0v) is 12.4. The van der Waals surface area contributed by atoms with E-state index in [2.05, 4.69) is 30.8 Å². The molecule has 1 unspecified atom stereocenters. The van der Waals surface area contributed by atoms with Gasteiger partial charge in [0.1, 0.15) is 11.6 Å². The average molecular weight is 273 g/mol. The molecule has 0 saturated carbocycles. The number of hydrogen-bond donors (Lipinski definition) is 1. The molecule has 1 aliphatic rings. The highest BCUT2D eigenvalue weighted by Gasteiger charge is 2.35. The summed E-state index contributed by atoms with van der Waals surface area (Å²) in [5.41, 5.74) is -0.608. The van der Waals surface area contributed by atoms with E-state index >= 15 is 0 Å². The van der Waals surface area contributed by atoms with Gasteiger partial charge in [0.25, 0.3) is 0 Å². The summed E-state index contributed by atoms with van der Waals surface area (Å²) < 4.78 is 9.19. The monoisotopic (exact) mass is 273 g/mol. The molecule has 0 bridgehead atoms. The third kappa shape index (κ3) is 9.04. The van der Waals surface area contributed by atoms with Crippen LogP contribution < -0.4 is 5.32 Å². The predicted octanol–water partition coefficient (Wildman–Crippen LogP) is 2.02. The Labute approximate surface area is 113 Å². The third-order valence-electron chi connectivity index (χ3n) is 1.56. The fourth-order valence-corrected chi connectivity index (χ4v) is 1.08. The third-order valence-corrected chi connectivity index (χ3v) is 1.56. The minimum Gasteiger partial charge on any atom is -0.460 e. The van der Waals surface area contributed by atoms with Crippen molar-refractivity contribution in [3.63, 3.8) is 0 Å². The standard InChI is InChI=1S/C9H13NO5.C4H10/c1-9(2,3)15-6(11)4-5-7(12)14-8(13)10-5;1-4(2)3/h5H,4H2,1-3H3,(H,10,13);4H,1-3H3. The van der Waals surface area contributed by atoms with Crippen molar-refractivity contribution in [3.05, 3.63) is 0 Å². The fraction of sp³-hybridized carbons (Fsp3) is 0.769. The van der Waals surface area contributed by atoms with E-state index in [1.807, 2.05) is 0 Å². The van der Waals surface area contributed by atoms with Crippen molar-refractivity contribution in [2.24, 2.45) is 5.92 Å². The zero-order valence-electron chi connectivity index (χ0n) is 12.4. The number of carbonyl (C=O) groups excluding carboxylic acids is 3. The first-order chi connectivity index (χ1) is 8.51. The Morgan fingerprint density at radius 3 is 2.11 bits per heavy atom. The highest BCUT2D eigenvalue weighted by molar-refractivity contribution is 5.97. The van der Waals surface area contributed by atoms with Gasteiger partial charge in [0.15, 0.2) is 0 Å². The van der Waals surface area contributed by atoms with Crippen molar-refractivity contribution in [3.8, 4) is 0 Å². The van der Waals surface area contributed by atoms with Crippen LogP contribution in [0.2, 0.25) is 0 Å². The molecule has 0 aliphatic carbocycles. The second kappa shape index (κ2) is 7.11. The Hall–Kier alpha value is -1.59. The van der Waals surface area contributed by atoms with Gasteiger partial charge >= 0.3 is 18.0 Å². The number of esters is 2. The second-order valence-corrected chi connectivity index (χ2v) is 5.93. The molecule has 6 heteroatoms. The van der Waals surface area contributed by atoms with Crippen LogP contribution in [-0.2, 0) is 19.1 Å². The van der Waals surface area contributed by atoms with Gasteiger partial charge in [0.2, 0.25) is 0 Å². The van der Waals surface area contributed by atoms with Crippen LogP contribution >= 0.6 is 0 Å². The summed E-state index contributed by atoms with van der Waals surface area (Å²) in [6, 6.07) is -0.924. The quantitative estimate of drug-likeness (QED) is 0.615.